The molecule has 9 heteroatoms. The largest absolute Gasteiger partial charge is 0.466 e. The lowest BCUT2D eigenvalue weighted by molar-refractivity contribution is -0.144. The number of nitrogens with one attached hydrogen (secondary N) is 2. The van der Waals surface area contributed by atoms with Gasteiger partial charge in [0.1, 0.15) is 0 Å². The van der Waals surface area contributed by atoms with Gasteiger partial charge in [0, 0.05) is 24.4 Å². The molecule has 0 spiro atoms. The number of allylic oxidation sites excluding steroid dienone is 1. The molecule has 32 heavy (non-hydrogen) atoms. The summed E-state index contributed by atoms with van der Waals surface area (Å²) in [4.78, 5) is 50.3. The van der Waals surface area contributed by atoms with E-state index in [0.717, 1.165) is 6.42 Å². The number of amides is 3. The van der Waals surface area contributed by atoms with Gasteiger partial charge < -0.3 is 20.1 Å². The average Bonchev–Trinajstić information content (AvgIpc) is 2.75. The van der Waals surface area contributed by atoms with E-state index in [1.807, 2.05) is 6.92 Å². The molecule has 1 atom stereocenters. The topological polar surface area (TPSA) is 114 Å². The number of benzene rings is 1. The molecule has 1 aliphatic rings. The number of carbonyl (C=O) groups is 4. The Morgan fingerprint density at radius 2 is 1.69 bits per heavy atom. The molecule has 0 saturated carbocycles. The lowest BCUT2D eigenvalue weighted by atomic mass is 9.94. The van der Waals surface area contributed by atoms with Gasteiger partial charge in [-0.3, -0.25) is 14.5 Å². The molecule has 0 aromatic heterocycles. The van der Waals surface area contributed by atoms with E-state index in [2.05, 4.69) is 10.6 Å². The Labute approximate surface area is 188 Å². The smallest absolute Gasteiger partial charge is 0.338 e. The van der Waals surface area contributed by atoms with E-state index in [1.165, 1.54) is 0 Å². The predicted octanol–water partition coefficient (Wildman–Crippen LogP) is 3.28. The van der Waals surface area contributed by atoms with E-state index in [4.69, 9.17) is 9.47 Å². The first-order valence-electron chi connectivity index (χ1n) is 10.8. The van der Waals surface area contributed by atoms with Gasteiger partial charge in [0.2, 0.25) is 5.91 Å². The number of hydrogen-bond donors (Lipinski definition) is 2. The van der Waals surface area contributed by atoms with Crippen molar-refractivity contribution in [3.05, 3.63) is 41.1 Å². The lowest BCUT2D eigenvalue weighted by Crippen LogP contribution is -2.48. The van der Waals surface area contributed by atoms with Crippen LogP contribution in [-0.2, 0) is 23.9 Å². The van der Waals surface area contributed by atoms with Crippen molar-refractivity contribution >= 4 is 29.6 Å². The molecule has 0 saturated heterocycles. The summed E-state index contributed by atoms with van der Waals surface area (Å²) >= 11 is 0. The summed E-state index contributed by atoms with van der Waals surface area (Å²) < 4.78 is 10.0. The molecule has 2 N–H and O–H groups in total. The minimum absolute atomic E-state index is 0.00704. The number of carbonyl (C=O) groups excluding carboxylic acids is 4. The number of nitrogens with zero attached hydrogens (tertiary/aromatic N) is 1. The molecule has 1 aliphatic heterocycles. The fourth-order valence-corrected chi connectivity index (χ4v) is 3.43. The minimum Gasteiger partial charge on any atom is -0.466 e. The highest BCUT2D eigenvalue weighted by atomic mass is 16.5. The normalized spacial score (nSPS) is 15.8. The highest BCUT2D eigenvalue weighted by Gasteiger charge is 2.36. The highest BCUT2D eigenvalue weighted by molar-refractivity contribution is 5.95. The molecule has 174 valence electrons. The third-order valence-electron chi connectivity index (χ3n) is 4.93. The second-order valence-corrected chi connectivity index (χ2v) is 7.23. The van der Waals surface area contributed by atoms with E-state index in [-0.39, 0.29) is 38.0 Å². The van der Waals surface area contributed by atoms with E-state index in [1.54, 1.807) is 49.9 Å². The molecule has 3 amide bonds. The second kappa shape index (κ2) is 11.9. The van der Waals surface area contributed by atoms with E-state index in [0.29, 0.717) is 29.1 Å². The van der Waals surface area contributed by atoms with Crippen LogP contribution in [0, 0.1) is 0 Å². The van der Waals surface area contributed by atoms with Crippen molar-refractivity contribution in [2.24, 2.45) is 0 Å². The van der Waals surface area contributed by atoms with E-state index in [9.17, 15) is 19.2 Å². The fourth-order valence-electron chi connectivity index (χ4n) is 3.43. The minimum atomic E-state index is -0.664. The van der Waals surface area contributed by atoms with Crippen molar-refractivity contribution in [2.45, 2.75) is 53.0 Å². The number of ether oxygens (including phenoxy) is 2. The Hall–Kier alpha value is -3.36. The van der Waals surface area contributed by atoms with E-state index >= 15 is 0 Å². The molecule has 0 bridgehead atoms. The lowest BCUT2D eigenvalue weighted by Gasteiger charge is -2.35. The number of hydrogen-bond acceptors (Lipinski definition) is 6. The second-order valence-electron chi connectivity index (χ2n) is 7.23. The van der Waals surface area contributed by atoms with Crippen molar-refractivity contribution in [1.29, 1.82) is 0 Å². The van der Waals surface area contributed by atoms with Crippen LogP contribution in [0.4, 0.5) is 10.5 Å². The summed E-state index contributed by atoms with van der Waals surface area (Å²) in [6, 6.07) is 5.88. The van der Waals surface area contributed by atoms with Crippen LogP contribution in [0.1, 0.15) is 58.6 Å². The van der Waals surface area contributed by atoms with Gasteiger partial charge in [0.15, 0.2) is 0 Å². The third kappa shape index (κ3) is 6.32. The van der Waals surface area contributed by atoms with Crippen LogP contribution in [0.25, 0.3) is 0 Å². The summed E-state index contributed by atoms with van der Waals surface area (Å²) in [6.07, 6.45) is 0.769. The van der Waals surface area contributed by atoms with Crippen molar-refractivity contribution < 1.29 is 28.7 Å². The summed E-state index contributed by atoms with van der Waals surface area (Å²) in [5, 5.41) is 5.60. The molecule has 1 unspecified atom stereocenters. The Balaban J connectivity index is 2.18. The van der Waals surface area contributed by atoms with Gasteiger partial charge in [-0.05, 0) is 44.9 Å². The summed E-state index contributed by atoms with van der Waals surface area (Å²) in [5.41, 5.74) is 2.17. The SMILES string of the molecule is CCCN1C(=O)NC(c2ccc(NC(=O)CCC(=O)OCC)cc2)C(C(=O)OCC)=C1C. The van der Waals surface area contributed by atoms with Crippen LogP contribution < -0.4 is 10.6 Å². The molecule has 9 nitrogen and oxygen atoms in total. The number of urea groups is 1. The van der Waals surface area contributed by atoms with Crippen LogP contribution in [-0.4, -0.2) is 48.5 Å². The monoisotopic (exact) mass is 445 g/mol. The first kappa shape index (κ1) is 24.9. The maximum atomic E-state index is 12.7. The molecule has 0 aliphatic carbocycles. The third-order valence-corrected chi connectivity index (χ3v) is 4.93. The zero-order valence-electron chi connectivity index (χ0n) is 19.0. The van der Waals surface area contributed by atoms with Crippen LogP contribution >= 0.6 is 0 Å². The highest BCUT2D eigenvalue weighted by Crippen LogP contribution is 2.32. The van der Waals surface area contributed by atoms with Crippen LogP contribution in [0.3, 0.4) is 0 Å². The maximum absolute atomic E-state index is 12.7. The van der Waals surface area contributed by atoms with Crippen LogP contribution in [0.5, 0.6) is 0 Å². The zero-order valence-corrected chi connectivity index (χ0v) is 19.0. The van der Waals surface area contributed by atoms with Gasteiger partial charge in [-0.25, -0.2) is 9.59 Å². The molecule has 0 fully saturated rings. The quantitative estimate of drug-likeness (QED) is 0.534. The molecular formula is C23H31N3O6. The Bertz CT molecular complexity index is 878. The van der Waals surface area contributed by atoms with Crippen molar-refractivity contribution in [2.75, 3.05) is 25.1 Å². The summed E-state index contributed by atoms with van der Waals surface area (Å²) in [7, 11) is 0. The fraction of sp³-hybridized carbons (Fsp3) is 0.478. The maximum Gasteiger partial charge on any atom is 0.338 e. The average molecular weight is 446 g/mol. The van der Waals surface area contributed by atoms with Gasteiger partial charge in [-0.2, -0.15) is 0 Å². The first-order valence-corrected chi connectivity index (χ1v) is 10.8. The number of esters is 2. The van der Waals surface area contributed by atoms with Gasteiger partial charge in [0.25, 0.3) is 0 Å². The Morgan fingerprint density at radius 1 is 1.03 bits per heavy atom. The van der Waals surface area contributed by atoms with Crippen LogP contribution in [0.2, 0.25) is 0 Å². The van der Waals surface area contributed by atoms with Crippen molar-refractivity contribution in [1.82, 2.24) is 10.2 Å². The number of anilines is 1. The van der Waals surface area contributed by atoms with Crippen molar-refractivity contribution in [3.8, 4) is 0 Å². The van der Waals surface area contributed by atoms with Crippen molar-refractivity contribution in [3.63, 3.8) is 0 Å². The summed E-state index contributed by atoms with van der Waals surface area (Å²) in [6.45, 7) is 8.12. The number of rotatable bonds is 10. The standard InChI is InChI=1S/C23H31N3O6/c1-5-14-26-15(4)20(22(29)32-7-3)21(25-23(26)30)16-8-10-17(11-9-16)24-18(27)12-13-19(28)31-6-2/h8-11,21H,5-7,12-14H2,1-4H3,(H,24,27)(H,25,30). The molecular weight excluding hydrogens is 414 g/mol. The van der Waals surface area contributed by atoms with Gasteiger partial charge in [-0.1, -0.05) is 19.1 Å². The molecule has 1 aromatic carbocycles. The zero-order chi connectivity index (χ0) is 23.7. The first-order chi connectivity index (χ1) is 15.3. The predicted molar refractivity (Wildman–Crippen MR) is 119 cm³/mol. The van der Waals surface area contributed by atoms with Gasteiger partial charge in [0.05, 0.1) is 31.2 Å². The van der Waals surface area contributed by atoms with Crippen LogP contribution in [0.15, 0.2) is 35.5 Å². The molecule has 0 radical (unpaired) electrons. The van der Waals surface area contributed by atoms with Gasteiger partial charge >= 0.3 is 18.0 Å². The molecule has 2 rings (SSSR count). The summed E-state index contributed by atoms with van der Waals surface area (Å²) in [5.74, 6) is -1.21. The Kier molecular flexibility index (Phi) is 9.24. The van der Waals surface area contributed by atoms with E-state index < -0.39 is 18.0 Å². The Morgan fingerprint density at radius 3 is 2.28 bits per heavy atom. The molecule has 1 heterocycles. The van der Waals surface area contributed by atoms with Gasteiger partial charge in [-0.15, -0.1) is 0 Å². The molecule has 1 aromatic rings.